The van der Waals surface area contributed by atoms with Crippen LogP contribution in [-0.2, 0) is 13.1 Å². The van der Waals surface area contributed by atoms with Crippen LogP contribution in [-0.4, -0.2) is 26.8 Å². The van der Waals surface area contributed by atoms with Gasteiger partial charge in [-0.1, -0.05) is 39.5 Å². The van der Waals surface area contributed by atoms with Gasteiger partial charge in [-0.25, -0.2) is 4.68 Å². The summed E-state index contributed by atoms with van der Waals surface area (Å²) in [7, 11) is 0. The Morgan fingerprint density at radius 3 is 2.83 bits per heavy atom. The molecule has 0 amide bonds. The predicted molar refractivity (Wildman–Crippen MR) is 70.9 cm³/mol. The highest BCUT2D eigenvalue weighted by Crippen LogP contribution is 2.27. The van der Waals surface area contributed by atoms with E-state index in [9.17, 15) is 0 Å². The Bertz CT molecular complexity index is 341. The molecular formula is C13H25N5. The summed E-state index contributed by atoms with van der Waals surface area (Å²) in [4.78, 5) is 0. The van der Waals surface area contributed by atoms with E-state index in [2.05, 4.69) is 34.7 Å². The van der Waals surface area contributed by atoms with Crippen molar-refractivity contribution in [3.05, 3.63) is 5.82 Å². The molecule has 0 unspecified atom stereocenters. The second-order valence-electron chi connectivity index (χ2n) is 5.78. The normalized spacial score (nSPS) is 16.8. The molecule has 0 radical (unpaired) electrons. The highest BCUT2D eigenvalue weighted by atomic mass is 15.5. The maximum absolute atomic E-state index is 4.10. The average Bonchev–Trinajstić information content (AvgIpc) is 2.96. The Balaban J connectivity index is 1.75. The van der Waals surface area contributed by atoms with Crippen molar-refractivity contribution in [2.45, 2.75) is 59.0 Å². The zero-order valence-corrected chi connectivity index (χ0v) is 11.6. The van der Waals surface area contributed by atoms with Gasteiger partial charge in [0.2, 0.25) is 0 Å². The Morgan fingerprint density at radius 2 is 2.11 bits per heavy atom. The van der Waals surface area contributed by atoms with Crippen molar-refractivity contribution in [2.75, 3.05) is 6.54 Å². The first-order valence-electron chi connectivity index (χ1n) is 7.21. The van der Waals surface area contributed by atoms with Crippen LogP contribution in [0.3, 0.4) is 0 Å². The molecule has 0 aliphatic heterocycles. The molecule has 1 N–H and O–H groups in total. The van der Waals surface area contributed by atoms with E-state index in [0.29, 0.717) is 5.92 Å². The number of tetrazole rings is 1. The molecular weight excluding hydrogens is 226 g/mol. The Morgan fingerprint density at radius 1 is 1.33 bits per heavy atom. The third kappa shape index (κ3) is 4.05. The van der Waals surface area contributed by atoms with Gasteiger partial charge in [0, 0.05) is 6.54 Å². The van der Waals surface area contributed by atoms with E-state index in [1.807, 2.05) is 4.68 Å². The van der Waals surface area contributed by atoms with Crippen LogP contribution in [0.25, 0.3) is 0 Å². The van der Waals surface area contributed by atoms with Crippen LogP contribution in [0.4, 0.5) is 0 Å². The zero-order valence-electron chi connectivity index (χ0n) is 11.6. The molecule has 0 bridgehead atoms. The van der Waals surface area contributed by atoms with Gasteiger partial charge in [0.15, 0.2) is 5.82 Å². The third-order valence-corrected chi connectivity index (χ3v) is 3.67. The molecule has 1 aromatic heterocycles. The molecule has 1 saturated carbocycles. The smallest absolute Gasteiger partial charge is 0.165 e. The maximum atomic E-state index is 4.10. The zero-order chi connectivity index (χ0) is 12.8. The summed E-state index contributed by atoms with van der Waals surface area (Å²) in [5.41, 5.74) is 0. The summed E-state index contributed by atoms with van der Waals surface area (Å²) in [6.45, 7) is 7.16. The summed E-state index contributed by atoms with van der Waals surface area (Å²) in [6.07, 6.45) is 6.82. The topological polar surface area (TPSA) is 55.6 Å². The van der Waals surface area contributed by atoms with E-state index in [4.69, 9.17) is 0 Å². The maximum Gasteiger partial charge on any atom is 0.165 e. The van der Waals surface area contributed by atoms with Gasteiger partial charge in [-0.3, -0.25) is 0 Å². The van der Waals surface area contributed by atoms with Crippen LogP contribution in [0.5, 0.6) is 0 Å². The van der Waals surface area contributed by atoms with Crippen LogP contribution >= 0.6 is 0 Å². The lowest BCUT2D eigenvalue weighted by atomic mass is 10.0. The van der Waals surface area contributed by atoms with Gasteiger partial charge in [0.25, 0.3) is 0 Å². The highest BCUT2D eigenvalue weighted by molar-refractivity contribution is 4.80. The predicted octanol–water partition coefficient (Wildman–Crippen LogP) is 2.00. The molecule has 2 rings (SSSR count). The van der Waals surface area contributed by atoms with E-state index in [-0.39, 0.29) is 0 Å². The molecule has 0 atom stereocenters. The number of rotatable bonds is 7. The quantitative estimate of drug-likeness (QED) is 0.805. The number of hydrogen-bond acceptors (Lipinski definition) is 4. The number of aryl methyl sites for hydroxylation is 1. The van der Waals surface area contributed by atoms with Gasteiger partial charge in [0.1, 0.15) is 0 Å². The fourth-order valence-electron chi connectivity index (χ4n) is 2.60. The molecule has 0 spiro atoms. The minimum atomic E-state index is 0.660. The first kappa shape index (κ1) is 13.5. The summed E-state index contributed by atoms with van der Waals surface area (Å²) in [6, 6.07) is 0. The fraction of sp³-hybridized carbons (Fsp3) is 0.923. The van der Waals surface area contributed by atoms with Crippen molar-refractivity contribution in [3.63, 3.8) is 0 Å². The minimum absolute atomic E-state index is 0.660. The van der Waals surface area contributed by atoms with Crippen molar-refractivity contribution in [3.8, 4) is 0 Å². The average molecular weight is 251 g/mol. The molecule has 18 heavy (non-hydrogen) atoms. The van der Waals surface area contributed by atoms with Crippen LogP contribution in [0.15, 0.2) is 0 Å². The van der Waals surface area contributed by atoms with Gasteiger partial charge < -0.3 is 5.32 Å². The second-order valence-corrected chi connectivity index (χ2v) is 5.78. The standard InChI is InChI=1S/C13H25N5/c1-11(2)9-14-10-13-15-16-17-18(13)8-7-12-5-3-4-6-12/h11-12,14H,3-10H2,1-2H3. The van der Waals surface area contributed by atoms with Crippen LogP contribution in [0.2, 0.25) is 0 Å². The lowest BCUT2D eigenvalue weighted by Gasteiger charge is -2.10. The van der Waals surface area contributed by atoms with E-state index < -0.39 is 0 Å². The lowest BCUT2D eigenvalue weighted by molar-refractivity contribution is 0.421. The van der Waals surface area contributed by atoms with Crippen LogP contribution in [0, 0.1) is 11.8 Å². The third-order valence-electron chi connectivity index (χ3n) is 3.67. The van der Waals surface area contributed by atoms with Crippen molar-refractivity contribution in [1.29, 1.82) is 0 Å². The molecule has 5 nitrogen and oxygen atoms in total. The fourth-order valence-corrected chi connectivity index (χ4v) is 2.60. The number of hydrogen-bond donors (Lipinski definition) is 1. The van der Waals surface area contributed by atoms with Crippen LogP contribution in [0.1, 0.15) is 51.8 Å². The first-order chi connectivity index (χ1) is 8.75. The van der Waals surface area contributed by atoms with Crippen molar-refractivity contribution >= 4 is 0 Å². The Kier molecular flexibility index (Phi) is 5.11. The molecule has 1 aromatic rings. The molecule has 1 fully saturated rings. The number of nitrogens with one attached hydrogen (secondary N) is 1. The van der Waals surface area contributed by atoms with Crippen LogP contribution < -0.4 is 5.32 Å². The van der Waals surface area contributed by atoms with Gasteiger partial charge in [-0.2, -0.15) is 0 Å². The SMILES string of the molecule is CC(C)CNCc1nnnn1CCC1CCCC1. The van der Waals surface area contributed by atoms with E-state index in [1.165, 1.54) is 32.1 Å². The Hall–Kier alpha value is -0.970. The molecule has 0 aromatic carbocycles. The molecule has 5 heteroatoms. The van der Waals surface area contributed by atoms with Crippen molar-refractivity contribution < 1.29 is 0 Å². The molecule has 1 aliphatic rings. The summed E-state index contributed by atoms with van der Waals surface area (Å²) in [5, 5.41) is 15.4. The molecule has 0 saturated heterocycles. The molecule has 102 valence electrons. The van der Waals surface area contributed by atoms with E-state index in [1.54, 1.807) is 0 Å². The van der Waals surface area contributed by atoms with Gasteiger partial charge in [-0.15, -0.1) is 5.10 Å². The second kappa shape index (κ2) is 6.83. The lowest BCUT2D eigenvalue weighted by Crippen LogP contribution is -2.22. The molecule has 1 heterocycles. The molecule has 1 aliphatic carbocycles. The minimum Gasteiger partial charge on any atom is -0.310 e. The monoisotopic (exact) mass is 251 g/mol. The summed E-state index contributed by atoms with van der Waals surface area (Å²) < 4.78 is 1.96. The number of nitrogens with zero attached hydrogens (tertiary/aromatic N) is 4. The summed E-state index contributed by atoms with van der Waals surface area (Å²) >= 11 is 0. The highest BCUT2D eigenvalue weighted by Gasteiger charge is 2.15. The largest absolute Gasteiger partial charge is 0.310 e. The van der Waals surface area contributed by atoms with E-state index >= 15 is 0 Å². The Labute approximate surface area is 109 Å². The van der Waals surface area contributed by atoms with Gasteiger partial charge in [0.05, 0.1) is 6.54 Å². The van der Waals surface area contributed by atoms with E-state index in [0.717, 1.165) is 31.4 Å². The van der Waals surface area contributed by atoms with Gasteiger partial charge in [-0.05, 0) is 35.2 Å². The number of aromatic nitrogens is 4. The van der Waals surface area contributed by atoms with Crippen molar-refractivity contribution in [2.24, 2.45) is 11.8 Å². The van der Waals surface area contributed by atoms with Crippen molar-refractivity contribution in [1.82, 2.24) is 25.5 Å². The first-order valence-corrected chi connectivity index (χ1v) is 7.21. The van der Waals surface area contributed by atoms with Gasteiger partial charge >= 0.3 is 0 Å². The summed E-state index contributed by atoms with van der Waals surface area (Å²) in [5.74, 6) is 2.52.